The number of piperidine rings is 1. The normalized spacial score (nSPS) is 16.2. The summed E-state index contributed by atoms with van der Waals surface area (Å²) in [7, 11) is 4.56. The molecule has 0 bridgehead atoms. The van der Waals surface area contributed by atoms with Crippen molar-refractivity contribution in [2.75, 3.05) is 45.8 Å². The monoisotopic (exact) mass is 410 g/mol. The van der Waals surface area contributed by atoms with Gasteiger partial charge in [0.25, 0.3) is 0 Å². The van der Waals surface area contributed by atoms with Gasteiger partial charge in [-0.15, -0.1) is 0 Å². The van der Waals surface area contributed by atoms with Crippen LogP contribution in [-0.4, -0.2) is 69.1 Å². The smallest absolute Gasteiger partial charge is 0.410 e. The lowest BCUT2D eigenvalue weighted by molar-refractivity contribution is 0.00487. The van der Waals surface area contributed by atoms with Gasteiger partial charge in [0, 0.05) is 44.7 Å². The third-order valence-electron chi connectivity index (χ3n) is 4.86. The summed E-state index contributed by atoms with van der Waals surface area (Å²) in [5, 5.41) is 0. The predicted molar refractivity (Wildman–Crippen MR) is 108 cm³/mol. The molecule has 8 heteroatoms. The number of hydrogen-bond acceptors (Lipinski definition) is 6. The fourth-order valence-electron chi connectivity index (χ4n) is 3.29. The topological polar surface area (TPSA) is 68.3 Å². The van der Waals surface area contributed by atoms with Crippen LogP contribution in [0.3, 0.4) is 0 Å². The van der Waals surface area contributed by atoms with E-state index in [9.17, 15) is 9.59 Å². The van der Waals surface area contributed by atoms with Gasteiger partial charge in [0.15, 0.2) is 0 Å². The molecule has 0 aromatic heterocycles. The minimum atomic E-state index is -1.43. The summed E-state index contributed by atoms with van der Waals surface area (Å²) in [5.74, 6) is -0.124. The number of halogens is 1. The van der Waals surface area contributed by atoms with Crippen molar-refractivity contribution in [1.29, 1.82) is 0 Å². The van der Waals surface area contributed by atoms with Gasteiger partial charge in [-0.1, -0.05) is 0 Å². The number of nitrogens with zero attached hydrogens (tertiary/aromatic N) is 2. The van der Waals surface area contributed by atoms with Crippen LogP contribution in [0.15, 0.2) is 18.2 Å². The Labute approximate surface area is 171 Å². The van der Waals surface area contributed by atoms with E-state index < -0.39 is 23.3 Å². The molecular formula is C21H31FN2O5. The molecule has 29 heavy (non-hydrogen) atoms. The quantitative estimate of drug-likeness (QED) is 0.690. The molecule has 1 saturated heterocycles. The largest absolute Gasteiger partial charge is 0.496 e. The molecule has 1 fully saturated rings. The SMILES string of the molecule is COC(=O)c1ccc(N(C)CC2(F)CCN(C(=O)OC(C)(C)C)CC2)cc1OC. The van der Waals surface area contributed by atoms with Gasteiger partial charge in [-0.2, -0.15) is 0 Å². The number of anilines is 1. The van der Waals surface area contributed by atoms with Crippen LogP contribution in [0.1, 0.15) is 44.0 Å². The summed E-state index contributed by atoms with van der Waals surface area (Å²) in [6.07, 6.45) is 0.0538. The molecule has 1 amide bonds. The minimum absolute atomic E-state index is 0.163. The molecule has 0 unspecified atom stereocenters. The number of ether oxygens (including phenoxy) is 3. The molecule has 162 valence electrons. The Balaban J connectivity index is 2.01. The highest BCUT2D eigenvalue weighted by Crippen LogP contribution is 2.32. The van der Waals surface area contributed by atoms with E-state index in [1.165, 1.54) is 14.2 Å². The van der Waals surface area contributed by atoms with Gasteiger partial charge in [-0.25, -0.2) is 14.0 Å². The van der Waals surface area contributed by atoms with Crippen LogP contribution < -0.4 is 9.64 Å². The number of esters is 1. The maximum absolute atomic E-state index is 15.4. The molecule has 1 aliphatic rings. The van der Waals surface area contributed by atoms with Crippen molar-refractivity contribution >= 4 is 17.7 Å². The molecular weight excluding hydrogens is 379 g/mol. The Morgan fingerprint density at radius 1 is 1.21 bits per heavy atom. The maximum atomic E-state index is 15.4. The minimum Gasteiger partial charge on any atom is -0.496 e. The van der Waals surface area contributed by atoms with E-state index in [0.717, 1.165) is 5.69 Å². The molecule has 1 aliphatic heterocycles. The summed E-state index contributed by atoms with van der Waals surface area (Å²) >= 11 is 0. The van der Waals surface area contributed by atoms with Gasteiger partial charge in [-0.05, 0) is 32.9 Å². The number of alkyl halides is 1. The number of amides is 1. The van der Waals surface area contributed by atoms with Gasteiger partial charge < -0.3 is 24.0 Å². The lowest BCUT2D eigenvalue weighted by Crippen LogP contribution is -2.50. The van der Waals surface area contributed by atoms with Crippen LogP contribution >= 0.6 is 0 Å². The first-order valence-electron chi connectivity index (χ1n) is 9.62. The third kappa shape index (κ3) is 5.98. The van der Waals surface area contributed by atoms with Crippen molar-refractivity contribution in [3.8, 4) is 5.75 Å². The highest BCUT2D eigenvalue weighted by atomic mass is 19.1. The fourth-order valence-corrected chi connectivity index (χ4v) is 3.29. The summed E-state index contributed by atoms with van der Waals surface area (Å²) < 4.78 is 30.8. The van der Waals surface area contributed by atoms with E-state index in [2.05, 4.69) is 0 Å². The van der Waals surface area contributed by atoms with E-state index in [4.69, 9.17) is 14.2 Å². The molecule has 0 radical (unpaired) electrons. The number of rotatable bonds is 5. The third-order valence-corrected chi connectivity index (χ3v) is 4.86. The number of carbonyl (C=O) groups is 2. The van der Waals surface area contributed by atoms with Gasteiger partial charge in [0.05, 0.1) is 20.8 Å². The van der Waals surface area contributed by atoms with E-state index in [1.54, 1.807) is 35.0 Å². The summed E-state index contributed by atoms with van der Waals surface area (Å²) in [6, 6.07) is 5.02. The molecule has 0 N–H and O–H groups in total. The highest BCUT2D eigenvalue weighted by Gasteiger charge is 2.38. The first-order valence-corrected chi connectivity index (χ1v) is 9.62. The molecule has 0 saturated carbocycles. The summed E-state index contributed by atoms with van der Waals surface area (Å²) in [6.45, 7) is 6.21. The molecule has 0 aliphatic carbocycles. The van der Waals surface area contributed by atoms with Crippen LogP contribution in [0.25, 0.3) is 0 Å². The molecule has 1 aromatic rings. The van der Waals surface area contributed by atoms with Crippen molar-refractivity contribution in [1.82, 2.24) is 4.90 Å². The Morgan fingerprint density at radius 3 is 2.34 bits per heavy atom. The van der Waals surface area contributed by atoms with Crippen molar-refractivity contribution in [3.05, 3.63) is 23.8 Å². The Morgan fingerprint density at radius 2 is 1.83 bits per heavy atom. The van der Waals surface area contributed by atoms with Gasteiger partial charge in [-0.3, -0.25) is 0 Å². The van der Waals surface area contributed by atoms with Gasteiger partial charge in [0.1, 0.15) is 22.6 Å². The predicted octanol–water partition coefficient (Wildman–Crippen LogP) is 3.66. The van der Waals surface area contributed by atoms with Crippen LogP contribution in [-0.2, 0) is 9.47 Å². The number of benzene rings is 1. The zero-order valence-electron chi connectivity index (χ0n) is 18.1. The van der Waals surface area contributed by atoms with Crippen molar-refractivity contribution < 1.29 is 28.2 Å². The number of hydrogen-bond donors (Lipinski definition) is 0. The van der Waals surface area contributed by atoms with Crippen molar-refractivity contribution in [3.63, 3.8) is 0 Å². The Bertz CT molecular complexity index is 739. The highest BCUT2D eigenvalue weighted by molar-refractivity contribution is 5.93. The molecule has 0 spiro atoms. The van der Waals surface area contributed by atoms with Crippen LogP contribution in [0.5, 0.6) is 5.75 Å². The second-order valence-corrected chi connectivity index (χ2v) is 8.35. The Kier molecular flexibility index (Phi) is 6.97. The van der Waals surface area contributed by atoms with Crippen molar-refractivity contribution in [2.45, 2.75) is 44.9 Å². The first kappa shape index (κ1) is 22.8. The molecule has 1 heterocycles. The van der Waals surface area contributed by atoms with Gasteiger partial charge in [0.2, 0.25) is 0 Å². The average Bonchev–Trinajstić information content (AvgIpc) is 2.65. The van der Waals surface area contributed by atoms with Gasteiger partial charge >= 0.3 is 12.1 Å². The van der Waals surface area contributed by atoms with Crippen molar-refractivity contribution in [2.24, 2.45) is 0 Å². The second-order valence-electron chi connectivity index (χ2n) is 8.35. The Hall–Kier alpha value is -2.51. The lowest BCUT2D eigenvalue weighted by Gasteiger charge is -2.39. The molecule has 0 atom stereocenters. The van der Waals surface area contributed by atoms with Crippen LogP contribution in [0.2, 0.25) is 0 Å². The molecule has 2 rings (SSSR count). The summed E-state index contributed by atoms with van der Waals surface area (Å²) in [5.41, 5.74) is -0.966. The van der Waals surface area contributed by atoms with Crippen LogP contribution in [0, 0.1) is 0 Å². The van der Waals surface area contributed by atoms with E-state index in [0.29, 0.717) is 24.4 Å². The van der Waals surface area contributed by atoms with E-state index >= 15 is 4.39 Å². The van der Waals surface area contributed by atoms with E-state index in [1.807, 2.05) is 20.8 Å². The molecule has 7 nitrogen and oxygen atoms in total. The zero-order chi connectivity index (χ0) is 21.8. The first-order chi connectivity index (χ1) is 13.5. The summed E-state index contributed by atoms with van der Waals surface area (Å²) in [4.78, 5) is 27.3. The lowest BCUT2D eigenvalue weighted by atomic mass is 9.92. The zero-order valence-corrected chi connectivity index (χ0v) is 18.1. The molecule has 1 aromatic carbocycles. The van der Waals surface area contributed by atoms with Crippen LogP contribution in [0.4, 0.5) is 14.9 Å². The fraction of sp³-hybridized carbons (Fsp3) is 0.619. The average molecular weight is 410 g/mol. The standard InChI is InChI=1S/C21H31FN2O5/c1-20(2,3)29-19(26)24-11-9-21(22,10-12-24)14-23(4)15-7-8-16(18(25)28-6)17(13-15)27-5/h7-8,13H,9-12,14H2,1-6H3. The number of methoxy groups -OCH3 is 2. The maximum Gasteiger partial charge on any atom is 0.410 e. The number of likely N-dealkylation sites (tertiary alicyclic amines) is 1. The van der Waals surface area contributed by atoms with E-state index in [-0.39, 0.29) is 19.4 Å². The number of carbonyl (C=O) groups excluding carboxylic acids is 2. The second kappa shape index (κ2) is 8.88.